The van der Waals surface area contributed by atoms with E-state index in [9.17, 15) is 19.1 Å². The van der Waals surface area contributed by atoms with Gasteiger partial charge in [0.05, 0.1) is 0 Å². The molecule has 1 aliphatic heterocycles. The van der Waals surface area contributed by atoms with Crippen molar-refractivity contribution in [3.63, 3.8) is 0 Å². The van der Waals surface area contributed by atoms with Crippen LogP contribution >= 0.6 is 0 Å². The van der Waals surface area contributed by atoms with Crippen LogP contribution in [0, 0.1) is 5.82 Å². The number of likely N-dealkylation sites (tertiary alicyclic amines) is 1. The highest BCUT2D eigenvalue weighted by Gasteiger charge is 2.38. The lowest BCUT2D eigenvalue weighted by Crippen LogP contribution is -2.40. The lowest BCUT2D eigenvalue weighted by atomic mass is 10.0. The van der Waals surface area contributed by atoms with Crippen LogP contribution in [0.4, 0.5) is 4.39 Å². The number of rotatable bonds is 3. The van der Waals surface area contributed by atoms with E-state index in [1.54, 1.807) is 30.3 Å². The number of hydrogen-bond acceptors (Lipinski definition) is 3. The standard InChI is InChI=1S/C18H17FN2O3/c19-14-6-4-11(5-7-14)12-2-1-3-13(8-12)17(22)21-10-15(20)9-16(21)18(23)24/h1-8,15-16H,9-10,20H2,(H,23,24)/t15-,16-/m0/s1. The van der Waals surface area contributed by atoms with E-state index in [0.29, 0.717) is 5.56 Å². The highest BCUT2D eigenvalue weighted by molar-refractivity contribution is 5.98. The Morgan fingerprint density at radius 3 is 2.50 bits per heavy atom. The second kappa shape index (κ2) is 6.41. The molecule has 0 saturated carbocycles. The van der Waals surface area contributed by atoms with Crippen molar-refractivity contribution in [1.82, 2.24) is 4.90 Å². The first-order chi connectivity index (χ1) is 11.5. The molecular formula is C18H17FN2O3. The molecule has 0 spiro atoms. The molecule has 0 aliphatic carbocycles. The maximum atomic E-state index is 13.0. The van der Waals surface area contributed by atoms with E-state index in [0.717, 1.165) is 11.1 Å². The number of amides is 1. The summed E-state index contributed by atoms with van der Waals surface area (Å²) in [4.78, 5) is 25.3. The third-order valence-corrected chi connectivity index (χ3v) is 4.17. The Bertz CT molecular complexity index is 776. The topological polar surface area (TPSA) is 83.6 Å². The second-order valence-electron chi connectivity index (χ2n) is 5.90. The van der Waals surface area contributed by atoms with Crippen LogP contribution in [-0.4, -0.2) is 40.5 Å². The number of aliphatic carboxylic acids is 1. The van der Waals surface area contributed by atoms with Crippen molar-refractivity contribution in [2.45, 2.75) is 18.5 Å². The molecule has 0 unspecified atom stereocenters. The molecule has 3 rings (SSSR count). The van der Waals surface area contributed by atoms with Gasteiger partial charge >= 0.3 is 5.97 Å². The lowest BCUT2D eigenvalue weighted by molar-refractivity contribution is -0.141. The van der Waals surface area contributed by atoms with Gasteiger partial charge in [-0.1, -0.05) is 24.3 Å². The van der Waals surface area contributed by atoms with Gasteiger partial charge in [0.25, 0.3) is 5.91 Å². The molecule has 1 fully saturated rings. The molecule has 2 aromatic rings. The third-order valence-electron chi connectivity index (χ3n) is 4.17. The molecule has 0 aromatic heterocycles. The van der Waals surface area contributed by atoms with Gasteiger partial charge in [0.15, 0.2) is 0 Å². The number of nitrogens with two attached hydrogens (primary N) is 1. The summed E-state index contributed by atoms with van der Waals surface area (Å²) in [6.07, 6.45) is 0.249. The zero-order valence-electron chi connectivity index (χ0n) is 12.9. The van der Waals surface area contributed by atoms with E-state index in [-0.39, 0.29) is 30.7 Å². The van der Waals surface area contributed by atoms with Gasteiger partial charge in [0.1, 0.15) is 11.9 Å². The summed E-state index contributed by atoms with van der Waals surface area (Å²) < 4.78 is 13.0. The van der Waals surface area contributed by atoms with Crippen LogP contribution in [0.3, 0.4) is 0 Å². The fourth-order valence-electron chi connectivity index (χ4n) is 2.97. The lowest BCUT2D eigenvalue weighted by Gasteiger charge is -2.21. The van der Waals surface area contributed by atoms with Gasteiger partial charge in [-0.2, -0.15) is 0 Å². The molecule has 1 aliphatic rings. The average Bonchev–Trinajstić information content (AvgIpc) is 2.97. The molecule has 3 N–H and O–H groups in total. The Morgan fingerprint density at radius 1 is 1.12 bits per heavy atom. The van der Waals surface area contributed by atoms with Gasteiger partial charge in [-0.15, -0.1) is 0 Å². The van der Waals surface area contributed by atoms with Crippen molar-refractivity contribution in [3.8, 4) is 11.1 Å². The monoisotopic (exact) mass is 328 g/mol. The first kappa shape index (κ1) is 16.1. The van der Waals surface area contributed by atoms with Gasteiger partial charge in [0.2, 0.25) is 0 Å². The van der Waals surface area contributed by atoms with Crippen molar-refractivity contribution in [2.24, 2.45) is 5.73 Å². The van der Waals surface area contributed by atoms with Crippen molar-refractivity contribution >= 4 is 11.9 Å². The minimum absolute atomic E-state index is 0.219. The zero-order chi connectivity index (χ0) is 17.3. The Balaban J connectivity index is 1.89. The summed E-state index contributed by atoms with van der Waals surface area (Å²) in [7, 11) is 0. The maximum Gasteiger partial charge on any atom is 0.326 e. The summed E-state index contributed by atoms with van der Waals surface area (Å²) in [5.41, 5.74) is 7.74. The predicted octanol–water partition coefficient (Wildman–Crippen LogP) is 2.12. The van der Waals surface area contributed by atoms with Crippen molar-refractivity contribution < 1.29 is 19.1 Å². The number of carboxylic acid groups (broad SMARTS) is 1. The van der Waals surface area contributed by atoms with E-state index in [4.69, 9.17) is 5.73 Å². The molecule has 2 aromatic carbocycles. The average molecular weight is 328 g/mol. The van der Waals surface area contributed by atoms with E-state index in [1.807, 2.05) is 6.07 Å². The SMILES string of the molecule is N[C@H]1C[C@@H](C(=O)O)N(C(=O)c2cccc(-c3ccc(F)cc3)c2)C1. The van der Waals surface area contributed by atoms with Crippen LogP contribution in [0.1, 0.15) is 16.8 Å². The Morgan fingerprint density at radius 2 is 1.83 bits per heavy atom. The second-order valence-corrected chi connectivity index (χ2v) is 5.90. The normalized spacial score (nSPS) is 20.2. The van der Waals surface area contributed by atoms with Crippen LogP contribution in [0.2, 0.25) is 0 Å². The smallest absolute Gasteiger partial charge is 0.326 e. The molecule has 0 bridgehead atoms. The van der Waals surface area contributed by atoms with Crippen LogP contribution < -0.4 is 5.73 Å². The Hall–Kier alpha value is -2.73. The van der Waals surface area contributed by atoms with Crippen LogP contribution in [0.5, 0.6) is 0 Å². The molecule has 1 amide bonds. The number of carbonyl (C=O) groups is 2. The molecule has 24 heavy (non-hydrogen) atoms. The molecule has 1 saturated heterocycles. The van der Waals surface area contributed by atoms with E-state index < -0.39 is 12.0 Å². The summed E-state index contributed by atoms with van der Waals surface area (Å²) in [6, 6.07) is 11.6. The summed E-state index contributed by atoms with van der Waals surface area (Å²) in [5, 5.41) is 9.27. The largest absolute Gasteiger partial charge is 0.480 e. The molecular weight excluding hydrogens is 311 g/mol. The fraction of sp³-hybridized carbons (Fsp3) is 0.222. The number of carbonyl (C=O) groups excluding carboxylic acids is 1. The van der Waals surface area contributed by atoms with Crippen molar-refractivity contribution in [2.75, 3.05) is 6.54 Å². The molecule has 5 nitrogen and oxygen atoms in total. The Kier molecular flexibility index (Phi) is 4.31. The number of hydrogen-bond donors (Lipinski definition) is 2. The molecule has 6 heteroatoms. The minimum Gasteiger partial charge on any atom is -0.480 e. The van der Waals surface area contributed by atoms with Crippen LogP contribution in [-0.2, 0) is 4.79 Å². The van der Waals surface area contributed by atoms with E-state index in [2.05, 4.69) is 0 Å². The van der Waals surface area contributed by atoms with Gasteiger partial charge in [-0.25, -0.2) is 9.18 Å². The van der Waals surface area contributed by atoms with Crippen LogP contribution in [0.15, 0.2) is 48.5 Å². The number of halogens is 1. The quantitative estimate of drug-likeness (QED) is 0.904. The van der Waals surface area contributed by atoms with Gasteiger partial charge in [-0.3, -0.25) is 4.79 Å². The summed E-state index contributed by atoms with van der Waals surface area (Å²) in [6.45, 7) is 0.219. The first-order valence-corrected chi connectivity index (χ1v) is 7.61. The zero-order valence-corrected chi connectivity index (χ0v) is 12.9. The van der Waals surface area contributed by atoms with E-state index in [1.165, 1.54) is 17.0 Å². The third kappa shape index (κ3) is 3.14. The molecule has 1 heterocycles. The molecule has 0 radical (unpaired) electrons. The van der Waals surface area contributed by atoms with E-state index >= 15 is 0 Å². The van der Waals surface area contributed by atoms with Gasteiger partial charge < -0.3 is 15.7 Å². The first-order valence-electron chi connectivity index (χ1n) is 7.61. The number of carboxylic acids is 1. The fourth-order valence-corrected chi connectivity index (χ4v) is 2.97. The van der Waals surface area contributed by atoms with Crippen LogP contribution in [0.25, 0.3) is 11.1 Å². The van der Waals surface area contributed by atoms with Gasteiger partial charge in [-0.05, 0) is 41.8 Å². The number of nitrogens with zero attached hydrogens (tertiary/aromatic N) is 1. The summed E-state index contributed by atoms with van der Waals surface area (Å²) in [5.74, 6) is -1.74. The highest BCUT2D eigenvalue weighted by Crippen LogP contribution is 2.24. The van der Waals surface area contributed by atoms with Gasteiger partial charge in [0, 0.05) is 18.2 Å². The highest BCUT2D eigenvalue weighted by atomic mass is 19.1. The summed E-state index contributed by atoms with van der Waals surface area (Å²) >= 11 is 0. The Labute approximate surface area is 138 Å². The van der Waals surface area contributed by atoms with Crippen molar-refractivity contribution in [1.29, 1.82) is 0 Å². The van der Waals surface area contributed by atoms with Crippen molar-refractivity contribution in [3.05, 3.63) is 59.9 Å². The predicted molar refractivity (Wildman–Crippen MR) is 86.9 cm³/mol. The molecule has 2 atom stereocenters. The maximum absolute atomic E-state index is 13.0. The number of benzene rings is 2. The minimum atomic E-state index is -1.05. The molecule has 124 valence electrons.